The summed E-state index contributed by atoms with van der Waals surface area (Å²) >= 11 is 0. The lowest BCUT2D eigenvalue weighted by atomic mass is 10.0. The van der Waals surface area contributed by atoms with E-state index in [1.54, 1.807) is 7.11 Å². The number of primary amides is 1. The van der Waals surface area contributed by atoms with Crippen LogP contribution in [-0.4, -0.2) is 18.6 Å². The molecule has 1 unspecified atom stereocenters. The number of unbranched alkanes of at least 4 members (excludes halogenated alkanes) is 1. The molecule has 0 saturated heterocycles. The van der Waals surface area contributed by atoms with E-state index in [2.05, 4.69) is 6.92 Å². The lowest BCUT2D eigenvalue weighted by molar-refractivity contribution is -0.121. The van der Waals surface area contributed by atoms with Gasteiger partial charge in [-0.15, -0.1) is 0 Å². The predicted molar refractivity (Wildman–Crippen MR) is 64.6 cm³/mol. The number of amides is 1. The van der Waals surface area contributed by atoms with E-state index in [1.807, 2.05) is 27.7 Å². The number of nitrogens with two attached hydrogens (primary N) is 1. The molecule has 0 aliphatic heterocycles. The minimum Gasteiger partial charge on any atom is -0.379 e. The van der Waals surface area contributed by atoms with E-state index in [0.717, 1.165) is 19.3 Å². The Balaban J connectivity index is 0. The molecule has 0 rings (SSSR count). The van der Waals surface area contributed by atoms with Crippen LogP contribution in [0.25, 0.3) is 0 Å². The Bertz CT molecular complexity index is 161. The van der Waals surface area contributed by atoms with Crippen LogP contribution in [0.4, 0.5) is 0 Å². The largest absolute Gasteiger partial charge is 0.379 e. The molecule has 0 aromatic heterocycles. The van der Waals surface area contributed by atoms with Gasteiger partial charge in [0.25, 0.3) is 0 Å². The zero-order valence-electron chi connectivity index (χ0n) is 11.1. The number of hydrogen-bond donors (Lipinski definition) is 1. The highest BCUT2D eigenvalue weighted by Gasteiger charge is 2.05. The lowest BCUT2D eigenvalue weighted by Gasteiger charge is -2.14. The quantitative estimate of drug-likeness (QED) is 0.787. The summed E-state index contributed by atoms with van der Waals surface area (Å²) in [5.74, 6) is -0.117. The number of hydrogen-bond acceptors (Lipinski definition) is 2. The Kier molecular flexibility index (Phi) is 9.79. The molecule has 3 nitrogen and oxygen atoms in total. The fraction of sp³-hybridized carbons (Fsp3) is 0.917. The smallest absolute Gasteiger partial charge is 0.220 e. The third-order valence-corrected chi connectivity index (χ3v) is 2.09. The Morgan fingerprint density at radius 3 is 2.00 bits per heavy atom. The molecular weight excluding hydrogens is 190 g/mol. The van der Waals surface area contributed by atoms with Crippen LogP contribution in [-0.2, 0) is 9.53 Å². The molecular formula is C12H27NO2. The van der Waals surface area contributed by atoms with Gasteiger partial charge in [0.05, 0.1) is 5.60 Å². The fourth-order valence-corrected chi connectivity index (χ4v) is 0.653. The van der Waals surface area contributed by atoms with E-state index < -0.39 is 0 Å². The Hall–Kier alpha value is -0.570. The van der Waals surface area contributed by atoms with Crippen molar-refractivity contribution in [3.05, 3.63) is 0 Å². The SMILES string of the molecule is CCCCC(C)C(N)=O.COC(C)(C)C. The molecule has 0 spiro atoms. The second-order valence-corrected chi connectivity index (χ2v) is 4.76. The Morgan fingerprint density at radius 1 is 1.40 bits per heavy atom. The van der Waals surface area contributed by atoms with Crippen molar-refractivity contribution in [3.63, 3.8) is 0 Å². The molecule has 1 atom stereocenters. The number of carbonyl (C=O) groups is 1. The number of methoxy groups -OCH3 is 1. The van der Waals surface area contributed by atoms with Gasteiger partial charge in [0.15, 0.2) is 0 Å². The van der Waals surface area contributed by atoms with Crippen molar-refractivity contribution in [2.24, 2.45) is 11.7 Å². The van der Waals surface area contributed by atoms with Crippen molar-refractivity contribution in [2.45, 2.75) is 59.5 Å². The topological polar surface area (TPSA) is 52.3 Å². The first-order chi connectivity index (χ1) is 6.74. The Labute approximate surface area is 94.4 Å². The molecule has 15 heavy (non-hydrogen) atoms. The van der Waals surface area contributed by atoms with Crippen molar-refractivity contribution in [1.29, 1.82) is 0 Å². The first-order valence-electron chi connectivity index (χ1n) is 5.59. The van der Waals surface area contributed by atoms with Crippen molar-refractivity contribution in [3.8, 4) is 0 Å². The minimum absolute atomic E-state index is 0.0417. The fourth-order valence-electron chi connectivity index (χ4n) is 0.653. The van der Waals surface area contributed by atoms with E-state index in [4.69, 9.17) is 10.5 Å². The first-order valence-corrected chi connectivity index (χ1v) is 5.59. The van der Waals surface area contributed by atoms with Crippen molar-refractivity contribution in [2.75, 3.05) is 7.11 Å². The molecule has 0 bridgehead atoms. The molecule has 0 fully saturated rings. The van der Waals surface area contributed by atoms with Gasteiger partial charge in [-0.05, 0) is 27.2 Å². The highest BCUT2D eigenvalue weighted by Crippen LogP contribution is 2.05. The van der Waals surface area contributed by atoms with Crippen LogP contribution >= 0.6 is 0 Å². The highest BCUT2D eigenvalue weighted by molar-refractivity contribution is 5.76. The van der Waals surface area contributed by atoms with Gasteiger partial charge in [-0.1, -0.05) is 26.7 Å². The summed E-state index contributed by atoms with van der Waals surface area (Å²) < 4.78 is 4.94. The van der Waals surface area contributed by atoms with Gasteiger partial charge in [-0.25, -0.2) is 0 Å². The normalized spacial score (nSPS) is 12.7. The lowest BCUT2D eigenvalue weighted by Crippen LogP contribution is -2.20. The number of rotatable bonds is 4. The monoisotopic (exact) mass is 217 g/mol. The summed E-state index contributed by atoms with van der Waals surface area (Å²) in [6.07, 6.45) is 3.17. The van der Waals surface area contributed by atoms with E-state index >= 15 is 0 Å². The molecule has 0 aromatic rings. The maximum Gasteiger partial charge on any atom is 0.220 e. The summed E-state index contributed by atoms with van der Waals surface area (Å²) in [5.41, 5.74) is 5.08. The minimum atomic E-state index is -0.177. The van der Waals surface area contributed by atoms with Crippen LogP contribution in [0.5, 0.6) is 0 Å². The average Bonchev–Trinajstić information content (AvgIpc) is 2.13. The summed E-state index contributed by atoms with van der Waals surface area (Å²) in [7, 11) is 1.71. The molecule has 92 valence electrons. The Morgan fingerprint density at radius 2 is 1.80 bits per heavy atom. The van der Waals surface area contributed by atoms with Gasteiger partial charge < -0.3 is 10.5 Å². The molecule has 2 N–H and O–H groups in total. The van der Waals surface area contributed by atoms with E-state index in [1.165, 1.54) is 0 Å². The number of ether oxygens (including phenoxy) is 1. The molecule has 0 aliphatic rings. The molecule has 0 radical (unpaired) electrons. The zero-order valence-corrected chi connectivity index (χ0v) is 11.1. The van der Waals surface area contributed by atoms with Crippen LogP contribution in [0.1, 0.15) is 53.9 Å². The van der Waals surface area contributed by atoms with Crippen LogP contribution in [0, 0.1) is 5.92 Å². The van der Waals surface area contributed by atoms with Crippen LogP contribution in [0.15, 0.2) is 0 Å². The third kappa shape index (κ3) is 16.1. The standard InChI is InChI=1S/C7H15NO.C5H12O/c1-3-4-5-6(2)7(8)9;1-5(2,3)6-4/h6H,3-5H2,1-2H3,(H2,8,9);1-4H3. The molecule has 0 aromatic carbocycles. The van der Waals surface area contributed by atoms with Gasteiger partial charge in [-0.3, -0.25) is 4.79 Å². The summed E-state index contributed by atoms with van der Waals surface area (Å²) in [4.78, 5) is 10.4. The van der Waals surface area contributed by atoms with Crippen LogP contribution in [0.2, 0.25) is 0 Å². The molecule has 3 heteroatoms. The maximum atomic E-state index is 10.4. The maximum absolute atomic E-state index is 10.4. The van der Waals surface area contributed by atoms with Crippen LogP contribution < -0.4 is 5.73 Å². The molecule has 0 saturated carbocycles. The summed E-state index contributed by atoms with van der Waals surface area (Å²) in [6.45, 7) is 10.0. The summed E-state index contributed by atoms with van der Waals surface area (Å²) in [5, 5.41) is 0. The highest BCUT2D eigenvalue weighted by atomic mass is 16.5. The van der Waals surface area contributed by atoms with Crippen molar-refractivity contribution in [1.82, 2.24) is 0 Å². The molecule has 1 amide bonds. The van der Waals surface area contributed by atoms with Gasteiger partial charge in [0.2, 0.25) is 5.91 Å². The second kappa shape index (κ2) is 8.72. The van der Waals surface area contributed by atoms with Crippen molar-refractivity contribution >= 4 is 5.91 Å². The second-order valence-electron chi connectivity index (χ2n) is 4.76. The predicted octanol–water partition coefficient (Wildman–Crippen LogP) is 2.73. The van der Waals surface area contributed by atoms with Gasteiger partial charge in [0.1, 0.15) is 0 Å². The average molecular weight is 217 g/mol. The van der Waals surface area contributed by atoms with Crippen LogP contribution in [0.3, 0.4) is 0 Å². The van der Waals surface area contributed by atoms with Gasteiger partial charge in [-0.2, -0.15) is 0 Å². The van der Waals surface area contributed by atoms with E-state index in [0.29, 0.717) is 0 Å². The molecule has 0 aliphatic carbocycles. The zero-order chi connectivity index (χ0) is 12.5. The molecule has 0 heterocycles. The van der Waals surface area contributed by atoms with E-state index in [9.17, 15) is 4.79 Å². The van der Waals surface area contributed by atoms with E-state index in [-0.39, 0.29) is 17.4 Å². The summed E-state index contributed by atoms with van der Waals surface area (Å²) in [6, 6.07) is 0. The van der Waals surface area contributed by atoms with Gasteiger partial charge in [0, 0.05) is 13.0 Å². The number of carbonyl (C=O) groups excluding carboxylic acids is 1. The van der Waals surface area contributed by atoms with Crippen molar-refractivity contribution < 1.29 is 9.53 Å². The third-order valence-electron chi connectivity index (χ3n) is 2.09. The first kappa shape index (κ1) is 16.8. The van der Waals surface area contributed by atoms with Gasteiger partial charge >= 0.3 is 0 Å².